The van der Waals surface area contributed by atoms with E-state index < -0.39 is 0 Å². The molecule has 1 fully saturated rings. The van der Waals surface area contributed by atoms with Crippen LogP contribution in [0.15, 0.2) is 0 Å². The zero-order chi connectivity index (χ0) is 14.4. The van der Waals surface area contributed by atoms with Crippen LogP contribution in [0.2, 0.25) is 0 Å². The largest absolute Gasteiger partial charge is 0.382 e. The van der Waals surface area contributed by atoms with Gasteiger partial charge in [-0.05, 0) is 6.92 Å². The SMILES string of the molecule is COCC1OC(C)C(NC(=O)CN)[C@@H](OC)[C@@H]1OC. The van der Waals surface area contributed by atoms with E-state index in [1.54, 1.807) is 21.3 Å². The van der Waals surface area contributed by atoms with Crippen molar-refractivity contribution in [2.75, 3.05) is 34.5 Å². The summed E-state index contributed by atoms with van der Waals surface area (Å²) in [6.45, 7) is 2.21. The van der Waals surface area contributed by atoms with Gasteiger partial charge in [0.1, 0.15) is 18.3 Å². The maximum absolute atomic E-state index is 11.5. The highest BCUT2D eigenvalue weighted by atomic mass is 16.6. The Morgan fingerprint density at radius 1 is 1.26 bits per heavy atom. The van der Waals surface area contributed by atoms with E-state index in [0.29, 0.717) is 6.61 Å². The molecule has 1 rings (SSSR count). The van der Waals surface area contributed by atoms with Crippen molar-refractivity contribution in [3.8, 4) is 0 Å². The normalized spacial score (nSPS) is 35.1. The molecule has 1 saturated heterocycles. The standard InChI is InChI=1S/C12H24N2O5/c1-7-10(14-9(15)5-13)12(18-4)11(17-3)8(19-7)6-16-2/h7-8,10-12H,5-6,13H2,1-4H3,(H,14,15)/t7?,8?,10?,11-,12-/m1/s1. The highest BCUT2D eigenvalue weighted by molar-refractivity contribution is 5.78. The van der Waals surface area contributed by atoms with E-state index in [9.17, 15) is 4.79 Å². The summed E-state index contributed by atoms with van der Waals surface area (Å²) < 4.78 is 21.9. The number of methoxy groups -OCH3 is 3. The van der Waals surface area contributed by atoms with Crippen molar-refractivity contribution in [1.29, 1.82) is 0 Å². The monoisotopic (exact) mass is 276 g/mol. The quantitative estimate of drug-likeness (QED) is 0.639. The number of rotatable bonds is 6. The molecule has 3 unspecified atom stereocenters. The number of hydrogen-bond donors (Lipinski definition) is 2. The molecule has 0 saturated carbocycles. The van der Waals surface area contributed by atoms with Gasteiger partial charge in [0.05, 0.1) is 25.3 Å². The van der Waals surface area contributed by atoms with Gasteiger partial charge < -0.3 is 30.0 Å². The van der Waals surface area contributed by atoms with Crippen LogP contribution < -0.4 is 11.1 Å². The lowest BCUT2D eigenvalue weighted by atomic mass is 9.93. The fourth-order valence-corrected chi connectivity index (χ4v) is 2.43. The lowest BCUT2D eigenvalue weighted by molar-refractivity contribution is -0.208. The fourth-order valence-electron chi connectivity index (χ4n) is 2.43. The second-order valence-corrected chi connectivity index (χ2v) is 4.53. The molecule has 0 radical (unpaired) electrons. The molecular formula is C12H24N2O5. The van der Waals surface area contributed by atoms with Crippen LogP contribution in [0.25, 0.3) is 0 Å². The third kappa shape index (κ3) is 3.87. The minimum absolute atomic E-state index is 0.0706. The van der Waals surface area contributed by atoms with E-state index >= 15 is 0 Å². The van der Waals surface area contributed by atoms with Crippen LogP contribution in [0.1, 0.15) is 6.92 Å². The molecule has 0 aromatic rings. The summed E-state index contributed by atoms with van der Waals surface area (Å²) in [6.07, 6.45) is -1.08. The number of hydrogen-bond acceptors (Lipinski definition) is 6. The Morgan fingerprint density at radius 2 is 1.89 bits per heavy atom. The zero-order valence-corrected chi connectivity index (χ0v) is 11.9. The Labute approximate surface area is 113 Å². The maximum atomic E-state index is 11.5. The van der Waals surface area contributed by atoms with E-state index in [1.165, 1.54) is 0 Å². The third-order valence-electron chi connectivity index (χ3n) is 3.33. The number of ether oxygens (including phenoxy) is 4. The minimum atomic E-state index is -0.316. The van der Waals surface area contributed by atoms with Crippen LogP contribution in [0, 0.1) is 0 Å². The van der Waals surface area contributed by atoms with Gasteiger partial charge in [0.15, 0.2) is 0 Å². The van der Waals surface area contributed by atoms with Gasteiger partial charge in [0.25, 0.3) is 0 Å². The van der Waals surface area contributed by atoms with Gasteiger partial charge >= 0.3 is 0 Å². The van der Waals surface area contributed by atoms with Crippen molar-refractivity contribution in [2.24, 2.45) is 5.73 Å². The molecule has 7 nitrogen and oxygen atoms in total. The van der Waals surface area contributed by atoms with Gasteiger partial charge in [-0.1, -0.05) is 0 Å². The third-order valence-corrected chi connectivity index (χ3v) is 3.33. The number of carbonyl (C=O) groups is 1. The average molecular weight is 276 g/mol. The van der Waals surface area contributed by atoms with Crippen molar-refractivity contribution in [3.05, 3.63) is 0 Å². The molecule has 0 aliphatic carbocycles. The molecule has 0 spiro atoms. The fraction of sp³-hybridized carbons (Fsp3) is 0.917. The summed E-state index contributed by atoms with van der Waals surface area (Å²) in [4.78, 5) is 11.5. The molecule has 112 valence electrons. The molecule has 5 atom stereocenters. The Balaban J connectivity index is 2.84. The first-order valence-corrected chi connectivity index (χ1v) is 6.28. The van der Waals surface area contributed by atoms with E-state index in [1.807, 2.05) is 6.92 Å². The summed E-state index contributed by atoms with van der Waals surface area (Å²) >= 11 is 0. The van der Waals surface area contributed by atoms with Crippen molar-refractivity contribution in [3.63, 3.8) is 0 Å². The van der Waals surface area contributed by atoms with Crippen LogP contribution in [-0.2, 0) is 23.7 Å². The summed E-state index contributed by atoms with van der Waals surface area (Å²) in [7, 11) is 4.77. The molecule has 1 heterocycles. The van der Waals surface area contributed by atoms with Gasteiger partial charge in [0, 0.05) is 21.3 Å². The topological polar surface area (TPSA) is 92.0 Å². The van der Waals surface area contributed by atoms with E-state index in [4.69, 9.17) is 24.7 Å². The molecule has 0 aromatic heterocycles. The maximum Gasteiger partial charge on any atom is 0.234 e. The molecular weight excluding hydrogens is 252 g/mol. The van der Waals surface area contributed by atoms with Crippen LogP contribution in [0.4, 0.5) is 0 Å². The number of nitrogens with one attached hydrogen (secondary N) is 1. The number of nitrogens with two attached hydrogens (primary N) is 1. The number of amides is 1. The van der Waals surface area contributed by atoms with E-state index in [2.05, 4.69) is 5.32 Å². The lowest BCUT2D eigenvalue weighted by Crippen LogP contribution is -2.65. The highest BCUT2D eigenvalue weighted by Crippen LogP contribution is 2.25. The van der Waals surface area contributed by atoms with Crippen molar-refractivity contribution in [2.45, 2.75) is 37.4 Å². The average Bonchev–Trinajstić information content (AvgIpc) is 2.41. The first-order valence-electron chi connectivity index (χ1n) is 6.28. The first-order chi connectivity index (χ1) is 9.08. The minimum Gasteiger partial charge on any atom is -0.382 e. The summed E-state index contributed by atoms with van der Waals surface area (Å²) in [5, 5.41) is 2.81. The molecule has 1 aliphatic rings. The molecule has 3 N–H and O–H groups in total. The highest BCUT2D eigenvalue weighted by Gasteiger charge is 2.45. The van der Waals surface area contributed by atoms with Gasteiger partial charge in [-0.3, -0.25) is 4.79 Å². The van der Waals surface area contributed by atoms with Gasteiger partial charge in [-0.25, -0.2) is 0 Å². The molecule has 7 heteroatoms. The second-order valence-electron chi connectivity index (χ2n) is 4.53. The molecule has 1 aliphatic heterocycles. The van der Waals surface area contributed by atoms with Crippen LogP contribution in [-0.4, -0.2) is 70.8 Å². The van der Waals surface area contributed by atoms with Crippen LogP contribution >= 0.6 is 0 Å². The Morgan fingerprint density at radius 3 is 2.37 bits per heavy atom. The predicted molar refractivity (Wildman–Crippen MR) is 68.8 cm³/mol. The first kappa shape index (κ1) is 16.3. The van der Waals surface area contributed by atoms with Crippen LogP contribution in [0.3, 0.4) is 0 Å². The number of carbonyl (C=O) groups excluding carboxylic acids is 1. The summed E-state index contributed by atoms with van der Waals surface area (Å²) in [5.74, 6) is -0.248. The molecule has 1 amide bonds. The van der Waals surface area contributed by atoms with Crippen molar-refractivity contribution >= 4 is 5.91 Å². The zero-order valence-electron chi connectivity index (χ0n) is 11.9. The second kappa shape index (κ2) is 7.76. The van der Waals surface area contributed by atoms with Gasteiger partial charge in [0.2, 0.25) is 5.91 Å². The molecule has 0 aromatic carbocycles. The summed E-state index contributed by atoms with van der Waals surface area (Å²) in [5.41, 5.74) is 5.32. The molecule has 19 heavy (non-hydrogen) atoms. The Kier molecular flexibility index (Phi) is 6.67. The lowest BCUT2D eigenvalue weighted by Gasteiger charge is -2.44. The predicted octanol–water partition coefficient (Wildman–Crippen LogP) is -1.11. The Bertz CT molecular complexity index is 289. The Hall–Kier alpha value is -0.730. The van der Waals surface area contributed by atoms with Gasteiger partial charge in [-0.15, -0.1) is 0 Å². The van der Waals surface area contributed by atoms with E-state index in [0.717, 1.165) is 0 Å². The van der Waals surface area contributed by atoms with Crippen LogP contribution in [0.5, 0.6) is 0 Å². The van der Waals surface area contributed by atoms with Gasteiger partial charge in [-0.2, -0.15) is 0 Å². The van der Waals surface area contributed by atoms with Crippen molar-refractivity contribution < 1.29 is 23.7 Å². The van der Waals surface area contributed by atoms with Crippen molar-refractivity contribution in [1.82, 2.24) is 5.32 Å². The molecule has 0 bridgehead atoms. The smallest absolute Gasteiger partial charge is 0.234 e. The summed E-state index contributed by atoms with van der Waals surface area (Å²) in [6, 6.07) is -0.306. The van der Waals surface area contributed by atoms with E-state index in [-0.39, 0.29) is 42.9 Å².